The summed E-state index contributed by atoms with van der Waals surface area (Å²) in [7, 11) is 0. The van der Waals surface area contributed by atoms with Crippen LogP contribution in [0.3, 0.4) is 0 Å². The maximum atomic E-state index is 14.3. The number of aryl methyl sites for hydroxylation is 1. The molecule has 3 aromatic carbocycles. The fraction of sp³-hybridized carbons (Fsp3) is 0.174. The van der Waals surface area contributed by atoms with Gasteiger partial charge in [-0.1, -0.05) is 36.4 Å². The molecule has 0 saturated carbocycles. The number of hydrogen-bond acceptors (Lipinski definition) is 2. The van der Waals surface area contributed by atoms with E-state index in [-0.39, 0.29) is 5.56 Å². The van der Waals surface area contributed by atoms with Gasteiger partial charge in [0.15, 0.2) is 11.6 Å². The number of carboxylic acid groups (broad SMARTS) is 1. The van der Waals surface area contributed by atoms with E-state index in [0.717, 1.165) is 23.6 Å². The van der Waals surface area contributed by atoms with Crippen LogP contribution in [0, 0.1) is 17.6 Å². The predicted molar refractivity (Wildman–Crippen MR) is 101 cm³/mol. The van der Waals surface area contributed by atoms with Gasteiger partial charge in [-0.05, 0) is 54.7 Å². The Labute approximate surface area is 161 Å². The van der Waals surface area contributed by atoms with Gasteiger partial charge in [-0.25, -0.2) is 8.78 Å². The lowest BCUT2D eigenvalue weighted by atomic mass is 9.84. The summed E-state index contributed by atoms with van der Waals surface area (Å²) in [6, 6.07) is 16.5. The molecule has 0 saturated heterocycles. The van der Waals surface area contributed by atoms with Gasteiger partial charge in [0.25, 0.3) is 0 Å². The molecule has 3 nitrogen and oxygen atoms in total. The first-order valence-corrected chi connectivity index (χ1v) is 9.09. The molecule has 0 radical (unpaired) electrons. The summed E-state index contributed by atoms with van der Waals surface area (Å²) in [5.41, 5.74) is 2.64. The lowest BCUT2D eigenvalue weighted by Gasteiger charge is -2.22. The number of aliphatic carboxylic acids is 1. The third-order valence-electron chi connectivity index (χ3n) is 5.11. The standard InChI is InChI=1S/C23H18F2O3/c24-20-6-3-5-19(22(20)25)18-4-1-2-7-21(18)28-17-11-10-14-8-9-15(23(26)27)12-16(14)13-17/h1-7,10-11,13,15H,8-9,12H2,(H,26,27). The number of ether oxygens (including phenoxy) is 1. The van der Waals surface area contributed by atoms with Gasteiger partial charge in [-0.2, -0.15) is 0 Å². The first-order chi connectivity index (χ1) is 13.5. The molecule has 0 spiro atoms. The first-order valence-electron chi connectivity index (χ1n) is 9.09. The SMILES string of the molecule is O=C(O)C1CCc2ccc(Oc3ccccc3-c3cccc(F)c3F)cc2C1. The minimum Gasteiger partial charge on any atom is -0.481 e. The number of para-hydroxylation sites is 1. The molecule has 1 unspecified atom stereocenters. The molecule has 3 aromatic rings. The van der Waals surface area contributed by atoms with Crippen LogP contribution in [-0.2, 0) is 17.6 Å². The number of halogens is 2. The van der Waals surface area contributed by atoms with E-state index in [2.05, 4.69) is 0 Å². The van der Waals surface area contributed by atoms with E-state index in [1.807, 2.05) is 18.2 Å². The highest BCUT2D eigenvalue weighted by atomic mass is 19.2. The number of rotatable bonds is 4. The van der Waals surface area contributed by atoms with Crippen molar-refractivity contribution < 1.29 is 23.4 Å². The summed E-state index contributed by atoms with van der Waals surface area (Å²) in [6.07, 6.45) is 1.81. The Morgan fingerprint density at radius 3 is 2.57 bits per heavy atom. The van der Waals surface area contributed by atoms with Crippen LogP contribution in [0.25, 0.3) is 11.1 Å². The topological polar surface area (TPSA) is 46.5 Å². The molecule has 0 heterocycles. The Hall–Kier alpha value is -3.21. The fourth-order valence-electron chi connectivity index (χ4n) is 3.62. The average molecular weight is 380 g/mol. The molecule has 4 rings (SSSR count). The quantitative estimate of drug-likeness (QED) is 0.640. The normalized spacial score (nSPS) is 15.7. The van der Waals surface area contributed by atoms with Crippen molar-refractivity contribution in [1.82, 2.24) is 0 Å². The molecular weight excluding hydrogens is 362 g/mol. The van der Waals surface area contributed by atoms with E-state index in [0.29, 0.717) is 29.9 Å². The fourth-order valence-corrected chi connectivity index (χ4v) is 3.62. The molecule has 0 fully saturated rings. The number of carbonyl (C=O) groups is 1. The highest BCUT2D eigenvalue weighted by Crippen LogP contribution is 2.36. The Morgan fingerprint density at radius 1 is 0.964 bits per heavy atom. The highest BCUT2D eigenvalue weighted by molar-refractivity contribution is 5.72. The van der Waals surface area contributed by atoms with Crippen LogP contribution in [0.5, 0.6) is 11.5 Å². The molecule has 0 bridgehead atoms. The summed E-state index contributed by atoms with van der Waals surface area (Å²) < 4.78 is 33.9. The monoisotopic (exact) mass is 380 g/mol. The Bertz CT molecular complexity index is 1050. The van der Waals surface area contributed by atoms with Crippen LogP contribution in [-0.4, -0.2) is 11.1 Å². The average Bonchev–Trinajstić information content (AvgIpc) is 2.70. The molecule has 0 aromatic heterocycles. The Morgan fingerprint density at radius 2 is 1.75 bits per heavy atom. The third-order valence-corrected chi connectivity index (χ3v) is 5.11. The van der Waals surface area contributed by atoms with Gasteiger partial charge in [0.2, 0.25) is 0 Å². The van der Waals surface area contributed by atoms with Crippen molar-refractivity contribution in [3.63, 3.8) is 0 Å². The van der Waals surface area contributed by atoms with Crippen molar-refractivity contribution in [2.24, 2.45) is 5.92 Å². The van der Waals surface area contributed by atoms with Gasteiger partial charge in [-0.15, -0.1) is 0 Å². The second-order valence-electron chi connectivity index (χ2n) is 6.91. The van der Waals surface area contributed by atoms with E-state index >= 15 is 0 Å². The third kappa shape index (κ3) is 3.48. The Kier molecular flexibility index (Phi) is 4.82. The summed E-state index contributed by atoms with van der Waals surface area (Å²) >= 11 is 0. The van der Waals surface area contributed by atoms with Gasteiger partial charge < -0.3 is 9.84 Å². The minimum atomic E-state index is -0.923. The lowest BCUT2D eigenvalue weighted by Crippen LogP contribution is -2.22. The van der Waals surface area contributed by atoms with Crippen LogP contribution in [0.2, 0.25) is 0 Å². The van der Waals surface area contributed by atoms with Crippen molar-refractivity contribution in [2.75, 3.05) is 0 Å². The predicted octanol–water partition coefficient (Wildman–Crippen LogP) is 5.61. The van der Waals surface area contributed by atoms with Gasteiger partial charge in [0.1, 0.15) is 11.5 Å². The van der Waals surface area contributed by atoms with E-state index in [1.54, 1.807) is 24.3 Å². The van der Waals surface area contributed by atoms with Crippen molar-refractivity contribution in [3.05, 3.63) is 83.4 Å². The largest absolute Gasteiger partial charge is 0.481 e. The van der Waals surface area contributed by atoms with Crippen molar-refractivity contribution in [2.45, 2.75) is 19.3 Å². The van der Waals surface area contributed by atoms with Crippen molar-refractivity contribution >= 4 is 5.97 Å². The smallest absolute Gasteiger partial charge is 0.306 e. The second-order valence-corrected chi connectivity index (χ2v) is 6.91. The van der Waals surface area contributed by atoms with Crippen LogP contribution in [0.1, 0.15) is 17.5 Å². The Balaban J connectivity index is 1.67. The van der Waals surface area contributed by atoms with Crippen LogP contribution >= 0.6 is 0 Å². The summed E-state index contributed by atoms with van der Waals surface area (Å²) in [5, 5.41) is 9.28. The zero-order valence-corrected chi connectivity index (χ0v) is 15.0. The van der Waals surface area contributed by atoms with E-state index in [1.165, 1.54) is 12.1 Å². The molecule has 1 aliphatic rings. The molecule has 1 N–H and O–H groups in total. The van der Waals surface area contributed by atoms with Gasteiger partial charge in [0.05, 0.1) is 5.92 Å². The van der Waals surface area contributed by atoms with Crippen molar-refractivity contribution in [3.8, 4) is 22.6 Å². The molecule has 1 atom stereocenters. The second kappa shape index (κ2) is 7.43. The van der Waals surface area contributed by atoms with Crippen LogP contribution < -0.4 is 4.74 Å². The molecule has 5 heteroatoms. The summed E-state index contributed by atoms with van der Waals surface area (Å²) in [5.74, 6) is -2.08. The number of carboxylic acids is 1. The molecule has 0 aliphatic heterocycles. The molecular formula is C23H18F2O3. The van der Waals surface area contributed by atoms with E-state index < -0.39 is 23.5 Å². The van der Waals surface area contributed by atoms with Gasteiger partial charge in [-0.3, -0.25) is 4.79 Å². The molecule has 1 aliphatic carbocycles. The maximum Gasteiger partial charge on any atom is 0.306 e. The molecule has 142 valence electrons. The number of hydrogen-bond donors (Lipinski definition) is 1. The molecule has 0 amide bonds. The maximum absolute atomic E-state index is 14.3. The summed E-state index contributed by atoms with van der Waals surface area (Å²) in [6.45, 7) is 0. The molecule has 28 heavy (non-hydrogen) atoms. The van der Waals surface area contributed by atoms with Crippen LogP contribution in [0.15, 0.2) is 60.7 Å². The van der Waals surface area contributed by atoms with Crippen LogP contribution in [0.4, 0.5) is 8.78 Å². The minimum absolute atomic E-state index is 0.125. The van der Waals surface area contributed by atoms with E-state index in [4.69, 9.17) is 4.74 Å². The highest BCUT2D eigenvalue weighted by Gasteiger charge is 2.24. The zero-order chi connectivity index (χ0) is 19.7. The van der Waals surface area contributed by atoms with Crippen molar-refractivity contribution in [1.29, 1.82) is 0 Å². The van der Waals surface area contributed by atoms with Gasteiger partial charge in [0, 0.05) is 11.1 Å². The lowest BCUT2D eigenvalue weighted by molar-refractivity contribution is -0.142. The zero-order valence-electron chi connectivity index (χ0n) is 15.0. The van der Waals surface area contributed by atoms with Gasteiger partial charge >= 0.3 is 5.97 Å². The summed E-state index contributed by atoms with van der Waals surface area (Å²) in [4.78, 5) is 11.3. The first kappa shape index (κ1) is 18.2. The van der Waals surface area contributed by atoms with E-state index in [9.17, 15) is 18.7 Å². The number of benzene rings is 3. The number of fused-ring (bicyclic) bond motifs is 1.